The summed E-state index contributed by atoms with van der Waals surface area (Å²) in [5.74, 6) is 0.300. The number of carbonyl (C=O) groups excluding carboxylic acids is 3. The van der Waals surface area contributed by atoms with Crippen LogP contribution in [0.5, 0.6) is 5.75 Å². The molecule has 2 aromatic rings. The molecule has 0 bridgehead atoms. The number of aryl methyl sites for hydroxylation is 1. The van der Waals surface area contributed by atoms with Gasteiger partial charge >= 0.3 is 6.16 Å². The third kappa shape index (κ3) is 6.84. The van der Waals surface area contributed by atoms with Gasteiger partial charge in [-0.2, -0.15) is 0 Å². The Morgan fingerprint density at radius 2 is 1.68 bits per heavy atom. The molecule has 0 radical (unpaired) electrons. The second-order valence-electron chi connectivity index (χ2n) is 7.43. The van der Waals surface area contributed by atoms with Gasteiger partial charge in [-0.25, -0.2) is 4.79 Å². The molecule has 1 aliphatic heterocycles. The summed E-state index contributed by atoms with van der Waals surface area (Å²) in [4.78, 5) is 38.1. The van der Waals surface area contributed by atoms with Crippen LogP contribution in [-0.2, 0) is 16.0 Å². The van der Waals surface area contributed by atoms with Crippen LogP contribution < -0.4 is 10.1 Å². The van der Waals surface area contributed by atoms with E-state index in [9.17, 15) is 14.4 Å². The Morgan fingerprint density at radius 1 is 1.00 bits per heavy atom. The van der Waals surface area contributed by atoms with Gasteiger partial charge in [-0.05, 0) is 56.0 Å². The molecule has 31 heavy (non-hydrogen) atoms. The second kappa shape index (κ2) is 11.2. The molecule has 3 rings (SSSR count). The summed E-state index contributed by atoms with van der Waals surface area (Å²) >= 11 is 0. The summed E-state index contributed by atoms with van der Waals surface area (Å²) in [6, 6.07) is 16.5. The highest BCUT2D eigenvalue weighted by Crippen LogP contribution is 2.18. The summed E-state index contributed by atoms with van der Waals surface area (Å²) in [7, 11) is 0. The Kier molecular flexibility index (Phi) is 8.04. The lowest BCUT2D eigenvalue weighted by atomic mass is 10.0. The predicted molar refractivity (Wildman–Crippen MR) is 116 cm³/mol. The monoisotopic (exact) mass is 424 g/mol. The minimum Gasteiger partial charge on any atom is -0.434 e. The number of nitrogens with one attached hydrogen (secondary N) is 1. The van der Waals surface area contributed by atoms with Crippen molar-refractivity contribution in [1.29, 1.82) is 0 Å². The maximum Gasteiger partial charge on any atom is 0.513 e. The van der Waals surface area contributed by atoms with E-state index in [2.05, 4.69) is 5.32 Å². The molecule has 1 N–H and O–H groups in total. The summed E-state index contributed by atoms with van der Waals surface area (Å²) in [6.45, 7) is 3.11. The van der Waals surface area contributed by atoms with Gasteiger partial charge in [0, 0.05) is 31.1 Å². The molecule has 1 aliphatic rings. The van der Waals surface area contributed by atoms with Gasteiger partial charge in [0.15, 0.2) is 0 Å². The van der Waals surface area contributed by atoms with E-state index in [1.165, 1.54) is 0 Å². The zero-order valence-electron chi connectivity index (χ0n) is 17.7. The minimum atomic E-state index is -0.769. The number of amides is 2. The van der Waals surface area contributed by atoms with E-state index >= 15 is 0 Å². The Hall–Kier alpha value is -3.35. The van der Waals surface area contributed by atoms with Crippen molar-refractivity contribution in [3.8, 4) is 5.75 Å². The molecule has 2 amide bonds. The molecule has 1 saturated heterocycles. The highest BCUT2D eigenvalue weighted by molar-refractivity contribution is 5.94. The molecular formula is C24H28N2O5. The lowest BCUT2D eigenvalue weighted by molar-refractivity contribution is -0.122. The SMILES string of the molecule is CCOC(=O)Oc1ccc(C(=O)N2CCC(NC(=O)CCc3ccccc3)CC2)cc1. The van der Waals surface area contributed by atoms with E-state index in [0.717, 1.165) is 24.8 Å². The van der Waals surface area contributed by atoms with Crippen molar-refractivity contribution < 1.29 is 23.9 Å². The standard InChI is InChI=1S/C24H28N2O5/c1-2-30-24(29)31-21-11-9-19(10-12-21)23(28)26-16-14-20(15-17-26)25-22(27)13-8-18-6-4-3-5-7-18/h3-7,9-12,20H,2,8,13-17H2,1H3,(H,25,27). The molecule has 0 saturated carbocycles. The van der Waals surface area contributed by atoms with Crippen LogP contribution in [0.1, 0.15) is 42.1 Å². The Bertz CT molecular complexity index is 875. The first-order valence-corrected chi connectivity index (χ1v) is 10.6. The van der Waals surface area contributed by atoms with Gasteiger partial charge in [0.05, 0.1) is 6.61 Å². The third-order valence-corrected chi connectivity index (χ3v) is 5.20. The van der Waals surface area contributed by atoms with E-state index < -0.39 is 6.16 Å². The Morgan fingerprint density at radius 3 is 2.32 bits per heavy atom. The number of hydrogen-bond acceptors (Lipinski definition) is 5. The van der Waals surface area contributed by atoms with Gasteiger partial charge in [-0.3, -0.25) is 9.59 Å². The van der Waals surface area contributed by atoms with Crippen molar-refractivity contribution in [3.63, 3.8) is 0 Å². The maximum absolute atomic E-state index is 12.7. The number of nitrogens with zero attached hydrogens (tertiary/aromatic N) is 1. The van der Waals surface area contributed by atoms with E-state index in [4.69, 9.17) is 9.47 Å². The average molecular weight is 424 g/mol. The Balaban J connectivity index is 1.42. The largest absolute Gasteiger partial charge is 0.513 e. The average Bonchev–Trinajstić information content (AvgIpc) is 2.79. The lowest BCUT2D eigenvalue weighted by Gasteiger charge is -2.32. The van der Waals surface area contributed by atoms with E-state index in [0.29, 0.717) is 30.8 Å². The van der Waals surface area contributed by atoms with Gasteiger partial charge in [0.1, 0.15) is 5.75 Å². The fourth-order valence-electron chi connectivity index (χ4n) is 3.52. The zero-order chi connectivity index (χ0) is 22.1. The molecule has 0 aromatic heterocycles. The van der Waals surface area contributed by atoms with Crippen LogP contribution in [0.2, 0.25) is 0 Å². The molecule has 0 aliphatic carbocycles. The van der Waals surface area contributed by atoms with Crippen LogP contribution in [-0.4, -0.2) is 48.6 Å². The van der Waals surface area contributed by atoms with Gasteiger partial charge in [0.2, 0.25) is 5.91 Å². The first-order valence-electron chi connectivity index (χ1n) is 10.6. The lowest BCUT2D eigenvalue weighted by Crippen LogP contribution is -2.46. The summed E-state index contributed by atoms with van der Waals surface area (Å²) in [5, 5.41) is 3.09. The molecule has 7 heteroatoms. The van der Waals surface area contributed by atoms with Crippen molar-refractivity contribution in [2.75, 3.05) is 19.7 Å². The molecule has 0 unspecified atom stereocenters. The zero-order valence-corrected chi connectivity index (χ0v) is 17.7. The van der Waals surface area contributed by atoms with Crippen LogP contribution in [0.25, 0.3) is 0 Å². The third-order valence-electron chi connectivity index (χ3n) is 5.20. The smallest absolute Gasteiger partial charge is 0.434 e. The number of carbonyl (C=O) groups is 3. The van der Waals surface area contributed by atoms with Crippen LogP contribution in [0, 0.1) is 0 Å². The number of ether oxygens (including phenoxy) is 2. The first-order chi connectivity index (χ1) is 15.0. The van der Waals surface area contributed by atoms with Crippen LogP contribution in [0.3, 0.4) is 0 Å². The molecule has 1 heterocycles. The summed E-state index contributed by atoms with van der Waals surface area (Å²) < 4.78 is 9.74. The molecule has 164 valence electrons. The topological polar surface area (TPSA) is 84.9 Å². The van der Waals surface area contributed by atoms with Gasteiger partial charge in [0.25, 0.3) is 5.91 Å². The highest BCUT2D eigenvalue weighted by atomic mass is 16.7. The Labute approximate surface area is 182 Å². The molecule has 0 spiro atoms. The van der Waals surface area contributed by atoms with Gasteiger partial charge in [-0.1, -0.05) is 30.3 Å². The fraction of sp³-hybridized carbons (Fsp3) is 0.375. The molecule has 2 aromatic carbocycles. The van der Waals surface area contributed by atoms with Crippen molar-refractivity contribution in [3.05, 3.63) is 65.7 Å². The van der Waals surface area contributed by atoms with Crippen molar-refractivity contribution in [2.45, 2.75) is 38.6 Å². The maximum atomic E-state index is 12.7. The van der Waals surface area contributed by atoms with Gasteiger partial charge < -0.3 is 19.7 Å². The van der Waals surface area contributed by atoms with Crippen LogP contribution in [0.15, 0.2) is 54.6 Å². The number of benzene rings is 2. The first kappa shape index (κ1) is 22.3. The molecule has 7 nitrogen and oxygen atoms in total. The van der Waals surface area contributed by atoms with Crippen LogP contribution >= 0.6 is 0 Å². The van der Waals surface area contributed by atoms with Gasteiger partial charge in [-0.15, -0.1) is 0 Å². The van der Waals surface area contributed by atoms with E-state index in [-0.39, 0.29) is 24.5 Å². The summed E-state index contributed by atoms with van der Waals surface area (Å²) in [6.07, 6.45) is 1.87. The minimum absolute atomic E-state index is 0.0471. The van der Waals surface area contributed by atoms with Crippen molar-refractivity contribution in [1.82, 2.24) is 10.2 Å². The summed E-state index contributed by atoms with van der Waals surface area (Å²) in [5.41, 5.74) is 1.68. The highest BCUT2D eigenvalue weighted by Gasteiger charge is 2.24. The molecular weight excluding hydrogens is 396 g/mol. The van der Waals surface area contributed by atoms with Crippen LogP contribution in [0.4, 0.5) is 4.79 Å². The number of piperidine rings is 1. The number of likely N-dealkylation sites (tertiary alicyclic amines) is 1. The molecule has 1 fully saturated rings. The number of hydrogen-bond donors (Lipinski definition) is 1. The van der Waals surface area contributed by atoms with Crippen molar-refractivity contribution >= 4 is 18.0 Å². The van der Waals surface area contributed by atoms with Crippen molar-refractivity contribution in [2.24, 2.45) is 0 Å². The number of rotatable bonds is 7. The van der Waals surface area contributed by atoms with E-state index in [1.807, 2.05) is 30.3 Å². The normalized spacial score (nSPS) is 14.0. The van der Waals surface area contributed by atoms with E-state index in [1.54, 1.807) is 36.1 Å². The predicted octanol–water partition coefficient (Wildman–Crippen LogP) is 3.58. The quantitative estimate of drug-likeness (QED) is 0.543. The second-order valence-corrected chi connectivity index (χ2v) is 7.43. The molecule has 0 atom stereocenters. The fourth-order valence-corrected chi connectivity index (χ4v) is 3.52.